The van der Waals surface area contributed by atoms with Gasteiger partial charge in [0.2, 0.25) is 5.91 Å². The molecule has 0 saturated carbocycles. The van der Waals surface area contributed by atoms with E-state index in [1.54, 1.807) is 19.0 Å². The summed E-state index contributed by atoms with van der Waals surface area (Å²) in [7, 11) is 3.54. The van der Waals surface area contributed by atoms with Crippen molar-refractivity contribution in [3.63, 3.8) is 0 Å². The van der Waals surface area contributed by atoms with E-state index in [4.69, 9.17) is 4.74 Å². The number of ether oxygens (including phenoxy) is 1. The van der Waals surface area contributed by atoms with Crippen molar-refractivity contribution in [1.29, 1.82) is 0 Å². The summed E-state index contributed by atoms with van der Waals surface area (Å²) in [6, 6.07) is 5.78. The summed E-state index contributed by atoms with van der Waals surface area (Å²) in [5, 5.41) is 2.85. The van der Waals surface area contributed by atoms with E-state index in [0.29, 0.717) is 6.54 Å². The number of anilines is 1. The molecule has 1 aromatic carbocycles. The monoisotopic (exact) mass is 250 g/mol. The predicted octanol–water partition coefficient (Wildman–Crippen LogP) is 1.96. The molecule has 0 aliphatic heterocycles. The van der Waals surface area contributed by atoms with E-state index < -0.39 is 0 Å². The Balaban J connectivity index is 2.86. The van der Waals surface area contributed by atoms with Crippen LogP contribution in [0.2, 0.25) is 0 Å². The first-order valence-corrected chi connectivity index (χ1v) is 6.14. The quantitative estimate of drug-likeness (QED) is 0.868. The number of carbonyl (C=O) groups excluding carboxylic acids is 1. The first kappa shape index (κ1) is 14.5. The first-order chi connectivity index (χ1) is 8.45. The van der Waals surface area contributed by atoms with Gasteiger partial charge >= 0.3 is 0 Å². The third-order valence-corrected chi connectivity index (χ3v) is 2.61. The number of aryl methyl sites for hydroxylation is 1. The molecule has 18 heavy (non-hydrogen) atoms. The number of amides is 1. The van der Waals surface area contributed by atoms with Gasteiger partial charge in [0.25, 0.3) is 0 Å². The molecule has 4 heteroatoms. The molecule has 0 saturated heterocycles. The molecule has 1 N–H and O–H groups in total. The fourth-order valence-corrected chi connectivity index (χ4v) is 1.64. The molecule has 100 valence electrons. The smallest absolute Gasteiger partial charge is 0.240 e. The van der Waals surface area contributed by atoms with E-state index in [1.165, 1.54) is 0 Å². The summed E-state index contributed by atoms with van der Waals surface area (Å²) >= 11 is 0. The van der Waals surface area contributed by atoms with Crippen molar-refractivity contribution in [2.24, 2.45) is 0 Å². The van der Waals surface area contributed by atoms with Gasteiger partial charge in [0, 0.05) is 12.7 Å². The molecule has 0 aliphatic rings. The minimum absolute atomic E-state index is 0.0365. The summed E-state index contributed by atoms with van der Waals surface area (Å²) in [5.41, 5.74) is 1.91. The predicted molar refractivity (Wildman–Crippen MR) is 74.3 cm³/mol. The Labute approximate surface area is 109 Å². The van der Waals surface area contributed by atoms with Gasteiger partial charge in [0.05, 0.1) is 12.6 Å². The van der Waals surface area contributed by atoms with Crippen LogP contribution in [0.4, 0.5) is 5.69 Å². The van der Waals surface area contributed by atoms with Crippen molar-refractivity contribution in [2.75, 3.05) is 25.5 Å². The van der Waals surface area contributed by atoms with E-state index in [0.717, 1.165) is 17.0 Å². The maximum atomic E-state index is 11.7. The highest BCUT2D eigenvalue weighted by Crippen LogP contribution is 2.24. The van der Waals surface area contributed by atoms with Crippen LogP contribution in [0.1, 0.15) is 19.4 Å². The van der Waals surface area contributed by atoms with E-state index >= 15 is 0 Å². The van der Waals surface area contributed by atoms with Gasteiger partial charge in [0.1, 0.15) is 5.75 Å². The summed E-state index contributed by atoms with van der Waals surface area (Å²) in [5.74, 6) is 0.901. The van der Waals surface area contributed by atoms with Crippen LogP contribution < -0.4 is 15.0 Å². The molecular formula is C14H22N2O2. The maximum Gasteiger partial charge on any atom is 0.240 e. The Kier molecular flexibility index (Phi) is 5.16. The molecular weight excluding hydrogens is 228 g/mol. The lowest BCUT2D eigenvalue weighted by Crippen LogP contribution is -2.34. The number of carbonyl (C=O) groups is 1. The van der Waals surface area contributed by atoms with Crippen molar-refractivity contribution in [2.45, 2.75) is 26.9 Å². The molecule has 0 aliphatic carbocycles. The van der Waals surface area contributed by atoms with Crippen molar-refractivity contribution in [1.82, 2.24) is 5.32 Å². The van der Waals surface area contributed by atoms with Crippen LogP contribution >= 0.6 is 0 Å². The minimum atomic E-state index is 0.0365. The van der Waals surface area contributed by atoms with E-state index in [2.05, 4.69) is 5.32 Å². The lowest BCUT2D eigenvalue weighted by atomic mass is 10.2. The summed E-state index contributed by atoms with van der Waals surface area (Å²) < 4.78 is 5.67. The molecule has 0 atom stereocenters. The average Bonchev–Trinajstić information content (AvgIpc) is 2.30. The molecule has 0 heterocycles. The summed E-state index contributed by atoms with van der Waals surface area (Å²) in [6.45, 7) is 6.31. The highest BCUT2D eigenvalue weighted by Gasteiger charge is 2.11. The van der Waals surface area contributed by atoms with Gasteiger partial charge in [-0.05, 0) is 51.6 Å². The average molecular weight is 250 g/mol. The zero-order chi connectivity index (χ0) is 13.7. The third kappa shape index (κ3) is 3.74. The zero-order valence-electron chi connectivity index (χ0n) is 11.8. The molecule has 0 spiro atoms. The van der Waals surface area contributed by atoms with Gasteiger partial charge in [-0.1, -0.05) is 0 Å². The largest absolute Gasteiger partial charge is 0.491 e. The van der Waals surface area contributed by atoms with Gasteiger partial charge in [-0.25, -0.2) is 0 Å². The maximum absolute atomic E-state index is 11.7. The normalized spacial score (nSPS) is 10.6. The Hall–Kier alpha value is -1.55. The fourth-order valence-electron chi connectivity index (χ4n) is 1.64. The minimum Gasteiger partial charge on any atom is -0.491 e. The van der Waals surface area contributed by atoms with Crippen molar-refractivity contribution < 1.29 is 9.53 Å². The topological polar surface area (TPSA) is 41.6 Å². The highest BCUT2D eigenvalue weighted by molar-refractivity contribution is 5.94. The molecule has 0 fully saturated rings. The summed E-state index contributed by atoms with van der Waals surface area (Å²) in [6.07, 6.45) is 0.151. The molecule has 0 aromatic heterocycles. The van der Waals surface area contributed by atoms with Gasteiger partial charge in [-0.3, -0.25) is 4.79 Å². The Morgan fingerprint density at radius 1 is 1.44 bits per heavy atom. The SMILES string of the molecule is CNCC(=O)N(C)c1ccc(OC(C)C)c(C)c1. The van der Waals surface area contributed by atoms with Gasteiger partial charge in [-0.15, -0.1) is 0 Å². The molecule has 0 bridgehead atoms. The van der Waals surface area contributed by atoms with Gasteiger partial charge in [-0.2, -0.15) is 0 Å². The lowest BCUT2D eigenvalue weighted by molar-refractivity contribution is -0.117. The van der Waals surface area contributed by atoms with E-state index in [-0.39, 0.29) is 12.0 Å². The van der Waals surface area contributed by atoms with Crippen LogP contribution in [0.5, 0.6) is 5.75 Å². The van der Waals surface area contributed by atoms with Crippen LogP contribution in [0.15, 0.2) is 18.2 Å². The third-order valence-electron chi connectivity index (χ3n) is 2.61. The Morgan fingerprint density at radius 2 is 2.11 bits per heavy atom. The van der Waals surface area contributed by atoms with Gasteiger partial charge < -0.3 is 15.0 Å². The number of rotatable bonds is 5. The Bertz CT molecular complexity index is 416. The fraction of sp³-hybridized carbons (Fsp3) is 0.500. The Morgan fingerprint density at radius 3 is 2.61 bits per heavy atom. The van der Waals surface area contributed by atoms with Crippen molar-refractivity contribution >= 4 is 11.6 Å². The number of nitrogens with zero attached hydrogens (tertiary/aromatic N) is 1. The highest BCUT2D eigenvalue weighted by atomic mass is 16.5. The van der Waals surface area contributed by atoms with E-state index in [9.17, 15) is 4.79 Å². The second kappa shape index (κ2) is 6.40. The van der Waals surface area contributed by atoms with Crippen LogP contribution in [0.25, 0.3) is 0 Å². The zero-order valence-corrected chi connectivity index (χ0v) is 11.8. The molecule has 1 amide bonds. The van der Waals surface area contributed by atoms with Crippen LogP contribution in [-0.4, -0.2) is 32.7 Å². The molecule has 1 aromatic rings. The van der Waals surface area contributed by atoms with Crippen LogP contribution in [-0.2, 0) is 4.79 Å². The second-order valence-corrected chi connectivity index (χ2v) is 4.60. The van der Waals surface area contributed by atoms with E-state index in [1.807, 2.05) is 39.0 Å². The molecule has 0 unspecified atom stereocenters. The standard InChI is InChI=1S/C14H22N2O2/c1-10(2)18-13-7-6-12(8-11(13)3)16(5)14(17)9-15-4/h6-8,10,15H,9H2,1-5H3. The molecule has 4 nitrogen and oxygen atoms in total. The summed E-state index contributed by atoms with van der Waals surface area (Å²) in [4.78, 5) is 13.4. The number of hydrogen-bond acceptors (Lipinski definition) is 3. The number of likely N-dealkylation sites (N-methyl/N-ethyl adjacent to an activating group) is 2. The second-order valence-electron chi connectivity index (χ2n) is 4.60. The van der Waals surface area contributed by atoms with Crippen LogP contribution in [0.3, 0.4) is 0 Å². The number of nitrogens with one attached hydrogen (secondary N) is 1. The molecule has 0 radical (unpaired) electrons. The molecule has 1 rings (SSSR count). The first-order valence-electron chi connectivity index (χ1n) is 6.14. The van der Waals surface area contributed by atoms with Crippen LogP contribution in [0, 0.1) is 6.92 Å². The van der Waals surface area contributed by atoms with Crippen molar-refractivity contribution in [3.8, 4) is 5.75 Å². The number of benzene rings is 1. The number of hydrogen-bond donors (Lipinski definition) is 1. The lowest BCUT2D eigenvalue weighted by Gasteiger charge is -2.19. The van der Waals surface area contributed by atoms with Crippen molar-refractivity contribution in [3.05, 3.63) is 23.8 Å². The van der Waals surface area contributed by atoms with Gasteiger partial charge in [0.15, 0.2) is 0 Å².